The third-order valence-electron chi connectivity index (χ3n) is 4.98. The lowest BCUT2D eigenvalue weighted by molar-refractivity contribution is 0.0123. The number of nitrogens with zero attached hydrogens (tertiary/aromatic N) is 4. The van der Waals surface area contributed by atoms with Crippen molar-refractivity contribution in [1.82, 2.24) is 14.9 Å². The van der Waals surface area contributed by atoms with Crippen LogP contribution in [0.15, 0.2) is 35.3 Å². The molecule has 24 heavy (non-hydrogen) atoms. The Morgan fingerprint density at radius 3 is 3.04 bits per heavy atom. The van der Waals surface area contributed by atoms with Gasteiger partial charge in [0.1, 0.15) is 0 Å². The van der Waals surface area contributed by atoms with Crippen LogP contribution in [0.2, 0.25) is 0 Å². The molecule has 2 aromatic rings. The van der Waals surface area contributed by atoms with E-state index in [2.05, 4.69) is 14.9 Å². The Labute approximate surface area is 145 Å². The van der Waals surface area contributed by atoms with Crippen molar-refractivity contribution in [3.05, 3.63) is 40.8 Å². The van der Waals surface area contributed by atoms with Crippen LogP contribution in [0.4, 0.5) is 5.95 Å². The van der Waals surface area contributed by atoms with Gasteiger partial charge in [-0.2, -0.15) is 11.3 Å². The van der Waals surface area contributed by atoms with Crippen molar-refractivity contribution in [2.45, 2.75) is 24.5 Å². The van der Waals surface area contributed by atoms with Gasteiger partial charge in [-0.1, -0.05) is 0 Å². The Morgan fingerprint density at radius 2 is 2.29 bits per heavy atom. The van der Waals surface area contributed by atoms with Crippen molar-refractivity contribution in [2.75, 3.05) is 31.6 Å². The Hall–Kier alpha value is -1.99. The van der Waals surface area contributed by atoms with Crippen LogP contribution in [0.3, 0.4) is 0 Å². The summed E-state index contributed by atoms with van der Waals surface area (Å²) in [6.45, 7) is 2.07. The van der Waals surface area contributed by atoms with Gasteiger partial charge in [0, 0.05) is 37.8 Å². The van der Waals surface area contributed by atoms with E-state index in [0.29, 0.717) is 19.1 Å². The van der Waals surface area contributed by atoms with Crippen molar-refractivity contribution in [2.24, 2.45) is 0 Å². The predicted molar refractivity (Wildman–Crippen MR) is 92.4 cm³/mol. The van der Waals surface area contributed by atoms with Crippen LogP contribution in [-0.4, -0.2) is 59.2 Å². The maximum atomic E-state index is 12.5. The zero-order chi connectivity index (χ0) is 16.6. The third-order valence-corrected chi connectivity index (χ3v) is 5.66. The van der Waals surface area contributed by atoms with E-state index in [1.165, 1.54) is 0 Å². The van der Waals surface area contributed by atoms with Gasteiger partial charge in [-0.05, 0) is 23.9 Å². The Kier molecular flexibility index (Phi) is 3.97. The number of likely N-dealkylation sites (tertiary alicyclic amines) is 1. The monoisotopic (exact) mass is 344 g/mol. The number of carbonyl (C=O) groups excluding carboxylic acids is 1. The highest BCUT2D eigenvalue weighted by Gasteiger charge is 2.48. The van der Waals surface area contributed by atoms with Crippen molar-refractivity contribution < 1.29 is 9.53 Å². The summed E-state index contributed by atoms with van der Waals surface area (Å²) < 4.78 is 6.17. The summed E-state index contributed by atoms with van der Waals surface area (Å²) in [5.74, 6) is 0.826. The van der Waals surface area contributed by atoms with Gasteiger partial charge in [-0.25, -0.2) is 9.97 Å². The molecule has 0 aromatic carbocycles. The molecule has 7 heteroatoms. The normalized spacial score (nSPS) is 26.2. The molecule has 2 saturated heterocycles. The molecule has 1 amide bonds. The van der Waals surface area contributed by atoms with Gasteiger partial charge in [0.25, 0.3) is 5.91 Å². The van der Waals surface area contributed by atoms with Crippen LogP contribution in [0.1, 0.15) is 23.2 Å². The summed E-state index contributed by atoms with van der Waals surface area (Å²) in [5.41, 5.74) is 0.556. The van der Waals surface area contributed by atoms with Crippen molar-refractivity contribution in [1.29, 1.82) is 0 Å². The molecular formula is C17H20N4O2S. The number of ether oxygens (including phenoxy) is 1. The van der Waals surface area contributed by atoms with Gasteiger partial charge in [0.2, 0.25) is 5.95 Å². The molecule has 126 valence electrons. The highest BCUT2D eigenvalue weighted by molar-refractivity contribution is 7.08. The second-order valence-electron chi connectivity index (χ2n) is 6.50. The van der Waals surface area contributed by atoms with Gasteiger partial charge in [0.05, 0.1) is 30.4 Å². The number of anilines is 1. The van der Waals surface area contributed by atoms with Gasteiger partial charge in [0.15, 0.2) is 0 Å². The topological polar surface area (TPSA) is 58.6 Å². The molecule has 2 fully saturated rings. The summed E-state index contributed by atoms with van der Waals surface area (Å²) >= 11 is 1.55. The Morgan fingerprint density at radius 1 is 1.46 bits per heavy atom. The number of carbonyl (C=O) groups is 1. The first-order chi connectivity index (χ1) is 11.7. The van der Waals surface area contributed by atoms with Gasteiger partial charge >= 0.3 is 0 Å². The van der Waals surface area contributed by atoms with E-state index < -0.39 is 0 Å². The molecule has 1 spiro atoms. The van der Waals surface area contributed by atoms with E-state index in [9.17, 15) is 4.79 Å². The smallest absolute Gasteiger partial charge is 0.254 e. The van der Waals surface area contributed by atoms with E-state index in [1.807, 2.05) is 34.8 Å². The Bertz CT molecular complexity index is 709. The average molecular weight is 344 g/mol. The molecule has 0 saturated carbocycles. The lowest BCUT2D eigenvalue weighted by atomic mass is 9.97. The van der Waals surface area contributed by atoms with Crippen LogP contribution >= 0.6 is 11.3 Å². The fourth-order valence-corrected chi connectivity index (χ4v) is 4.21. The molecular weight excluding hydrogens is 324 g/mol. The molecule has 2 aliphatic rings. The molecule has 2 atom stereocenters. The predicted octanol–water partition coefficient (Wildman–Crippen LogP) is 2.05. The second kappa shape index (κ2) is 6.14. The fraction of sp³-hybridized carbons (Fsp3) is 0.471. The van der Waals surface area contributed by atoms with Crippen molar-refractivity contribution >= 4 is 23.2 Å². The first kappa shape index (κ1) is 15.5. The van der Waals surface area contributed by atoms with E-state index >= 15 is 0 Å². The van der Waals surface area contributed by atoms with E-state index in [-0.39, 0.29) is 17.6 Å². The second-order valence-corrected chi connectivity index (χ2v) is 7.28. The molecule has 0 aliphatic carbocycles. The van der Waals surface area contributed by atoms with E-state index in [1.54, 1.807) is 23.7 Å². The molecule has 0 radical (unpaired) electrons. The molecule has 2 aliphatic heterocycles. The third kappa shape index (κ3) is 2.78. The minimum Gasteiger partial charge on any atom is -0.371 e. The molecule has 4 rings (SSSR count). The van der Waals surface area contributed by atoms with Crippen LogP contribution in [0.25, 0.3) is 0 Å². The van der Waals surface area contributed by atoms with Crippen molar-refractivity contribution in [3.8, 4) is 0 Å². The maximum absolute atomic E-state index is 12.5. The lowest BCUT2D eigenvalue weighted by Gasteiger charge is -2.26. The van der Waals surface area contributed by atoms with Crippen LogP contribution < -0.4 is 4.90 Å². The minimum absolute atomic E-state index is 0.111. The first-order valence-electron chi connectivity index (χ1n) is 8.12. The summed E-state index contributed by atoms with van der Waals surface area (Å²) in [6.07, 6.45) is 5.29. The van der Waals surface area contributed by atoms with E-state index in [4.69, 9.17) is 4.74 Å². The first-order valence-corrected chi connectivity index (χ1v) is 9.06. The number of aromatic nitrogens is 2. The van der Waals surface area contributed by atoms with Crippen LogP contribution in [0, 0.1) is 0 Å². The fourth-order valence-electron chi connectivity index (χ4n) is 3.58. The van der Waals surface area contributed by atoms with Gasteiger partial charge in [-0.3, -0.25) is 4.79 Å². The summed E-state index contributed by atoms with van der Waals surface area (Å²) in [4.78, 5) is 25.2. The number of hydrogen-bond acceptors (Lipinski definition) is 6. The largest absolute Gasteiger partial charge is 0.371 e. The zero-order valence-corrected chi connectivity index (χ0v) is 14.4. The molecule has 2 aromatic heterocycles. The minimum atomic E-state index is -0.223. The molecule has 6 nitrogen and oxygen atoms in total. The average Bonchev–Trinajstić information content (AvgIpc) is 3.37. The molecule has 0 unspecified atom stereocenters. The highest BCUT2D eigenvalue weighted by Crippen LogP contribution is 2.37. The molecule has 0 N–H and O–H groups in total. The molecule has 0 bridgehead atoms. The standard InChI is InChI=1S/C17H20N4O2S/c1-20(16-18-5-2-6-19-16)14-9-17(23-10-14)4-7-21(12-17)15(22)13-3-8-24-11-13/h2-3,5-6,8,11,14H,4,7,9-10,12H2,1H3/t14-,17-/m1/s1. The van der Waals surface area contributed by atoms with Crippen molar-refractivity contribution in [3.63, 3.8) is 0 Å². The number of hydrogen-bond donors (Lipinski definition) is 0. The summed E-state index contributed by atoms with van der Waals surface area (Å²) in [5, 5.41) is 3.85. The van der Waals surface area contributed by atoms with Crippen LogP contribution in [0.5, 0.6) is 0 Å². The van der Waals surface area contributed by atoms with E-state index in [0.717, 1.165) is 24.9 Å². The lowest BCUT2D eigenvalue weighted by Crippen LogP contribution is -2.38. The number of thiophene rings is 1. The van der Waals surface area contributed by atoms with Gasteiger partial charge in [-0.15, -0.1) is 0 Å². The van der Waals surface area contributed by atoms with Crippen LogP contribution in [-0.2, 0) is 4.74 Å². The summed E-state index contributed by atoms with van der Waals surface area (Å²) in [6, 6.07) is 3.94. The Balaban J connectivity index is 1.42. The number of likely N-dealkylation sites (N-methyl/N-ethyl adjacent to an activating group) is 1. The number of amides is 1. The quantitative estimate of drug-likeness (QED) is 0.853. The zero-order valence-electron chi connectivity index (χ0n) is 13.6. The highest BCUT2D eigenvalue weighted by atomic mass is 32.1. The SMILES string of the molecule is CN(c1ncccn1)[C@H]1CO[C@]2(CCN(C(=O)c3ccsc3)C2)C1. The number of rotatable bonds is 3. The van der Waals surface area contributed by atoms with Gasteiger partial charge < -0.3 is 14.5 Å². The summed E-state index contributed by atoms with van der Waals surface area (Å²) in [7, 11) is 2.01. The maximum Gasteiger partial charge on any atom is 0.254 e. The molecule has 4 heterocycles.